The van der Waals surface area contributed by atoms with Crippen molar-refractivity contribution in [2.24, 2.45) is 17.6 Å². The van der Waals surface area contributed by atoms with E-state index in [0.29, 0.717) is 18.3 Å². The minimum Gasteiger partial charge on any atom is -0.461 e. The minimum absolute atomic E-state index is 0.0848. The van der Waals surface area contributed by atoms with Crippen molar-refractivity contribution in [1.29, 1.82) is 0 Å². The van der Waals surface area contributed by atoms with Crippen LogP contribution in [0.15, 0.2) is 0 Å². The first-order chi connectivity index (χ1) is 8.02. The molecule has 0 aromatic carbocycles. The molecule has 3 nitrogen and oxygen atoms in total. The third-order valence-electron chi connectivity index (χ3n) is 3.35. The lowest BCUT2D eigenvalue weighted by Gasteiger charge is -2.31. The van der Waals surface area contributed by atoms with Crippen LogP contribution in [0.4, 0.5) is 0 Å². The van der Waals surface area contributed by atoms with E-state index in [4.69, 9.17) is 10.5 Å². The number of carbonyl (C=O) groups excluding carboxylic acids is 1. The Morgan fingerprint density at radius 3 is 2.47 bits per heavy atom. The molecule has 100 valence electrons. The standard InChI is InChI=1S/C13H25NO2S/c1-9-6-10(2)8-11(7-9)16-13(15)12(14)4-5-17-3/h9-12H,4-8,14H2,1-3H3. The van der Waals surface area contributed by atoms with Crippen molar-refractivity contribution in [1.82, 2.24) is 0 Å². The van der Waals surface area contributed by atoms with Crippen LogP contribution in [0.5, 0.6) is 0 Å². The topological polar surface area (TPSA) is 52.3 Å². The number of nitrogens with two attached hydrogens (primary N) is 1. The summed E-state index contributed by atoms with van der Waals surface area (Å²) >= 11 is 1.71. The summed E-state index contributed by atoms with van der Waals surface area (Å²) in [5, 5.41) is 0. The summed E-state index contributed by atoms with van der Waals surface area (Å²) in [7, 11) is 0. The fourth-order valence-electron chi connectivity index (χ4n) is 2.58. The highest BCUT2D eigenvalue weighted by Gasteiger charge is 2.28. The van der Waals surface area contributed by atoms with Crippen LogP contribution < -0.4 is 5.73 Å². The fourth-order valence-corrected chi connectivity index (χ4v) is 3.07. The molecular weight excluding hydrogens is 234 g/mol. The lowest BCUT2D eigenvalue weighted by Crippen LogP contribution is -2.37. The zero-order valence-corrected chi connectivity index (χ0v) is 12.0. The van der Waals surface area contributed by atoms with Crippen molar-refractivity contribution in [3.8, 4) is 0 Å². The van der Waals surface area contributed by atoms with Crippen LogP contribution in [0.2, 0.25) is 0 Å². The maximum Gasteiger partial charge on any atom is 0.323 e. The second-order valence-electron chi connectivity index (χ2n) is 5.36. The summed E-state index contributed by atoms with van der Waals surface area (Å²) in [5.74, 6) is 2.00. The van der Waals surface area contributed by atoms with Gasteiger partial charge >= 0.3 is 5.97 Å². The first-order valence-corrected chi connectivity index (χ1v) is 7.87. The third-order valence-corrected chi connectivity index (χ3v) is 4.00. The summed E-state index contributed by atoms with van der Waals surface area (Å²) in [6.45, 7) is 4.45. The summed E-state index contributed by atoms with van der Waals surface area (Å²) in [5.41, 5.74) is 5.80. The van der Waals surface area contributed by atoms with Crippen LogP contribution >= 0.6 is 11.8 Å². The summed E-state index contributed by atoms with van der Waals surface area (Å²) in [4.78, 5) is 11.8. The molecule has 17 heavy (non-hydrogen) atoms. The third kappa shape index (κ3) is 5.30. The molecule has 0 aliphatic heterocycles. The smallest absolute Gasteiger partial charge is 0.323 e. The highest BCUT2D eigenvalue weighted by molar-refractivity contribution is 7.98. The molecule has 0 amide bonds. The van der Waals surface area contributed by atoms with Crippen LogP contribution in [0.25, 0.3) is 0 Å². The van der Waals surface area contributed by atoms with Gasteiger partial charge in [-0.1, -0.05) is 13.8 Å². The molecule has 1 aliphatic rings. The van der Waals surface area contributed by atoms with Crippen LogP contribution in [-0.2, 0) is 9.53 Å². The molecule has 1 saturated carbocycles. The molecule has 0 aromatic rings. The van der Waals surface area contributed by atoms with E-state index in [2.05, 4.69) is 13.8 Å². The highest BCUT2D eigenvalue weighted by atomic mass is 32.2. The van der Waals surface area contributed by atoms with Gasteiger partial charge in [-0.2, -0.15) is 11.8 Å². The van der Waals surface area contributed by atoms with Gasteiger partial charge in [-0.3, -0.25) is 4.79 Å². The van der Waals surface area contributed by atoms with Gasteiger partial charge in [0, 0.05) is 0 Å². The van der Waals surface area contributed by atoms with Crippen LogP contribution in [0.1, 0.15) is 39.5 Å². The monoisotopic (exact) mass is 259 g/mol. The molecule has 0 radical (unpaired) electrons. The molecule has 1 rings (SSSR count). The van der Waals surface area contributed by atoms with E-state index in [1.807, 2.05) is 6.26 Å². The van der Waals surface area contributed by atoms with Crippen LogP contribution in [0.3, 0.4) is 0 Å². The number of hydrogen-bond donors (Lipinski definition) is 1. The molecule has 0 heterocycles. The Morgan fingerprint density at radius 1 is 1.35 bits per heavy atom. The fraction of sp³-hybridized carbons (Fsp3) is 0.923. The Labute approximate surface area is 109 Å². The van der Waals surface area contributed by atoms with Gasteiger partial charge in [0.2, 0.25) is 0 Å². The number of ether oxygens (including phenoxy) is 1. The SMILES string of the molecule is CSCCC(N)C(=O)OC1CC(C)CC(C)C1. The highest BCUT2D eigenvalue weighted by Crippen LogP contribution is 2.30. The van der Waals surface area contributed by atoms with Gasteiger partial charge in [0.05, 0.1) is 0 Å². The van der Waals surface area contributed by atoms with E-state index in [1.165, 1.54) is 6.42 Å². The van der Waals surface area contributed by atoms with E-state index in [-0.39, 0.29) is 12.1 Å². The van der Waals surface area contributed by atoms with Crippen molar-refractivity contribution < 1.29 is 9.53 Å². The Bertz CT molecular complexity index is 238. The number of esters is 1. The molecular formula is C13H25NO2S. The molecule has 2 N–H and O–H groups in total. The van der Waals surface area contributed by atoms with E-state index in [0.717, 1.165) is 18.6 Å². The molecule has 4 heteroatoms. The second-order valence-corrected chi connectivity index (χ2v) is 6.35. The van der Waals surface area contributed by atoms with Gasteiger partial charge in [0.1, 0.15) is 12.1 Å². The average molecular weight is 259 g/mol. The maximum atomic E-state index is 11.8. The first kappa shape index (κ1) is 14.8. The predicted molar refractivity (Wildman–Crippen MR) is 73.0 cm³/mol. The van der Waals surface area contributed by atoms with Crippen LogP contribution in [-0.4, -0.2) is 30.1 Å². The summed E-state index contributed by atoms with van der Waals surface area (Å²) < 4.78 is 5.52. The van der Waals surface area contributed by atoms with Gasteiger partial charge in [-0.05, 0) is 49.5 Å². The first-order valence-electron chi connectivity index (χ1n) is 6.48. The molecule has 0 spiro atoms. The number of carbonyl (C=O) groups is 1. The zero-order chi connectivity index (χ0) is 12.8. The van der Waals surface area contributed by atoms with Crippen LogP contribution in [0, 0.1) is 11.8 Å². The molecule has 3 atom stereocenters. The normalized spacial score (nSPS) is 30.9. The number of rotatable bonds is 5. The predicted octanol–water partition coefficient (Wildman–Crippen LogP) is 2.43. The average Bonchev–Trinajstić information content (AvgIpc) is 2.24. The molecule has 0 bridgehead atoms. The minimum atomic E-state index is -0.449. The Kier molecular flexibility index (Phi) is 6.34. The van der Waals surface area contributed by atoms with E-state index in [1.54, 1.807) is 11.8 Å². The maximum absolute atomic E-state index is 11.8. The number of hydrogen-bond acceptors (Lipinski definition) is 4. The van der Waals surface area contributed by atoms with Crippen molar-refractivity contribution in [3.63, 3.8) is 0 Å². The number of thioether (sulfide) groups is 1. The van der Waals surface area contributed by atoms with Gasteiger partial charge in [-0.15, -0.1) is 0 Å². The molecule has 3 unspecified atom stereocenters. The largest absolute Gasteiger partial charge is 0.461 e. The van der Waals surface area contributed by atoms with Crippen molar-refractivity contribution in [2.75, 3.05) is 12.0 Å². The quantitative estimate of drug-likeness (QED) is 0.770. The van der Waals surface area contributed by atoms with Gasteiger partial charge in [-0.25, -0.2) is 0 Å². The van der Waals surface area contributed by atoms with E-state index in [9.17, 15) is 4.79 Å². The molecule has 0 saturated heterocycles. The summed E-state index contributed by atoms with van der Waals surface area (Å²) in [6, 6.07) is -0.449. The van der Waals surface area contributed by atoms with Gasteiger partial charge in [0.15, 0.2) is 0 Å². The Hall–Kier alpha value is -0.220. The van der Waals surface area contributed by atoms with Crippen molar-refractivity contribution in [3.05, 3.63) is 0 Å². The van der Waals surface area contributed by atoms with Gasteiger partial charge in [0.25, 0.3) is 0 Å². The van der Waals surface area contributed by atoms with E-state index < -0.39 is 6.04 Å². The van der Waals surface area contributed by atoms with E-state index >= 15 is 0 Å². The van der Waals surface area contributed by atoms with Crippen molar-refractivity contribution in [2.45, 2.75) is 51.7 Å². The van der Waals surface area contributed by atoms with Crippen molar-refractivity contribution >= 4 is 17.7 Å². The molecule has 1 fully saturated rings. The summed E-state index contributed by atoms with van der Waals surface area (Å²) in [6.07, 6.45) is 6.03. The lowest BCUT2D eigenvalue weighted by atomic mass is 9.82. The lowest BCUT2D eigenvalue weighted by molar-refractivity contribution is -0.153. The van der Waals surface area contributed by atoms with Gasteiger partial charge < -0.3 is 10.5 Å². The molecule has 1 aliphatic carbocycles. The Morgan fingerprint density at radius 2 is 1.94 bits per heavy atom. The second kappa shape index (κ2) is 7.27. The Balaban J connectivity index is 2.34. The zero-order valence-electron chi connectivity index (χ0n) is 11.1. The molecule has 0 aromatic heterocycles.